The van der Waals surface area contributed by atoms with Gasteiger partial charge >= 0.3 is 5.97 Å². The number of carbonyl (C=O) groups is 2. The Morgan fingerprint density at radius 3 is 2.44 bits per heavy atom. The van der Waals surface area contributed by atoms with E-state index in [1.807, 2.05) is 12.1 Å². The zero-order valence-corrected chi connectivity index (χ0v) is 26.7. The van der Waals surface area contributed by atoms with Gasteiger partial charge in [-0.3, -0.25) is 4.79 Å². The van der Waals surface area contributed by atoms with Gasteiger partial charge < -0.3 is 19.9 Å². The first-order chi connectivity index (χ1) is 21.6. The van der Waals surface area contributed by atoms with Crippen molar-refractivity contribution in [3.63, 3.8) is 0 Å². The highest BCUT2D eigenvalue weighted by Crippen LogP contribution is 2.29. The van der Waals surface area contributed by atoms with Crippen molar-refractivity contribution >= 4 is 72.2 Å². The minimum absolute atomic E-state index is 0.131. The number of nitrogens with zero attached hydrogens (tertiary/aromatic N) is 1. The van der Waals surface area contributed by atoms with E-state index in [0.29, 0.717) is 38.5 Å². The number of ether oxygens (including phenoxy) is 2. The highest BCUT2D eigenvalue weighted by atomic mass is 35.5. The summed E-state index contributed by atoms with van der Waals surface area (Å²) in [5, 5.41) is 13.7. The van der Waals surface area contributed by atoms with Gasteiger partial charge in [-0.1, -0.05) is 41.4 Å². The zero-order chi connectivity index (χ0) is 32.0. The van der Waals surface area contributed by atoms with Crippen LogP contribution >= 0.6 is 34.5 Å². The maximum Gasteiger partial charge on any atom is 0.341 e. The summed E-state index contributed by atoms with van der Waals surface area (Å²) in [6.45, 7) is -0.437. The Kier molecular flexibility index (Phi) is 10.2. The number of carboxylic acids is 1. The molecule has 232 valence electrons. The Balaban J connectivity index is 1.32. The number of aromatic nitrogens is 1. The molecule has 45 heavy (non-hydrogen) atoms. The van der Waals surface area contributed by atoms with Crippen LogP contribution < -0.4 is 14.8 Å². The first-order valence-corrected chi connectivity index (χ1v) is 16.8. The molecular weight excluding hydrogens is 659 g/mol. The Morgan fingerprint density at radius 1 is 0.911 bits per heavy atom. The summed E-state index contributed by atoms with van der Waals surface area (Å²) in [5.74, 6) is -1.20. The van der Waals surface area contributed by atoms with Gasteiger partial charge in [0.15, 0.2) is 16.4 Å². The number of aliphatic carboxylic acids is 1. The molecule has 0 atom stereocenters. The van der Waals surface area contributed by atoms with Crippen molar-refractivity contribution in [3.05, 3.63) is 111 Å². The molecule has 13 heteroatoms. The van der Waals surface area contributed by atoms with Crippen LogP contribution in [-0.4, -0.2) is 42.7 Å². The van der Waals surface area contributed by atoms with Gasteiger partial charge in [0.2, 0.25) is 0 Å². The van der Waals surface area contributed by atoms with E-state index in [-0.39, 0.29) is 35.0 Å². The number of hydrogen-bond donors (Lipinski definition) is 2. The first-order valence-electron chi connectivity index (χ1n) is 13.6. The number of carbonyl (C=O) groups excluding carboxylic acids is 1. The molecule has 2 N–H and O–H groups in total. The third-order valence-corrected chi connectivity index (χ3v) is 9.90. The quantitative estimate of drug-likeness (QED) is 0.132. The number of halogens is 2. The highest BCUT2D eigenvalue weighted by molar-refractivity contribution is 7.91. The van der Waals surface area contributed by atoms with E-state index in [9.17, 15) is 18.0 Å². The molecule has 0 fully saturated rings. The topological polar surface area (TPSA) is 132 Å². The van der Waals surface area contributed by atoms with Gasteiger partial charge in [0.05, 0.1) is 26.4 Å². The number of anilines is 1. The van der Waals surface area contributed by atoms with E-state index in [1.165, 1.54) is 41.7 Å². The van der Waals surface area contributed by atoms with E-state index in [2.05, 4.69) is 10.3 Å². The number of aryl methyl sites for hydroxylation is 1. The standard InChI is InChI=1S/C32H26Cl2N2O7S2/c33-21-8-12-24(13-9-21)45(40,41)15-3-4-20-7-11-23(42-19-31(37)38)17-27(20)36-32(39)25-5-1-2-6-28(25)43-18-30-35-26-14-10-22(34)16-29(26)44-30/h1-2,5-14,16-17H,3-4,15,18-19H2,(H,36,39)(H,37,38). The van der Waals surface area contributed by atoms with E-state index in [0.717, 1.165) is 10.2 Å². The maximum atomic E-state index is 13.5. The van der Waals surface area contributed by atoms with Gasteiger partial charge in [-0.2, -0.15) is 0 Å². The summed E-state index contributed by atoms with van der Waals surface area (Å²) >= 11 is 13.4. The molecule has 0 saturated carbocycles. The molecule has 0 bridgehead atoms. The number of carboxylic acid groups (broad SMARTS) is 1. The number of sulfone groups is 1. The van der Waals surface area contributed by atoms with Crippen molar-refractivity contribution in [1.29, 1.82) is 0 Å². The highest BCUT2D eigenvalue weighted by Gasteiger charge is 2.18. The molecule has 1 aromatic heterocycles. The fourth-order valence-corrected chi connectivity index (χ4v) is 7.05. The van der Waals surface area contributed by atoms with Crippen LogP contribution in [0.3, 0.4) is 0 Å². The lowest BCUT2D eigenvalue weighted by molar-refractivity contribution is -0.139. The average molecular weight is 686 g/mol. The van der Waals surface area contributed by atoms with Crippen LogP contribution in [0.15, 0.2) is 89.8 Å². The lowest BCUT2D eigenvalue weighted by Gasteiger charge is -2.15. The Bertz CT molecular complexity index is 1960. The summed E-state index contributed by atoms with van der Waals surface area (Å²) in [4.78, 5) is 29.3. The lowest BCUT2D eigenvalue weighted by atomic mass is 10.1. The van der Waals surface area contributed by atoms with Crippen LogP contribution in [0.25, 0.3) is 10.2 Å². The molecule has 5 aromatic rings. The fourth-order valence-electron chi connectivity index (χ4n) is 4.45. The van der Waals surface area contributed by atoms with Crippen molar-refractivity contribution in [2.24, 2.45) is 0 Å². The predicted octanol–water partition coefficient (Wildman–Crippen LogP) is 7.30. The van der Waals surface area contributed by atoms with Crippen LogP contribution in [0.5, 0.6) is 11.5 Å². The summed E-state index contributed by atoms with van der Waals surface area (Å²) in [7, 11) is -3.56. The lowest BCUT2D eigenvalue weighted by Crippen LogP contribution is -2.16. The molecule has 0 radical (unpaired) electrons. The van der Waals surface area contributed by atoms with Crippen LogP contribution in [-0.2, 0) is 27.7 Å². The molecule has 0 aliphatic carbocycles. The van der Waals surface area contributed by atoms with Crippen LogP contribution in [0.2, 0.25) is 10.0 Å². The number of hydrogen-bond acceptors (Lipinski definition) is 8. The number of para-hydroxylation sites is 1. The Morgan fingerprint density at radius 2 is 1.67 bits per heavy atom. The SMILES string of the molecule is O=C(O)COc1ccc(CCCS(=O)(=O)c2ccc(Cl)cc2)c(NC(=O)c2ccccc2OCc2nc3ccc(Cl)cc3s2)c1. The normalized spacial score (nSPS) is 11.3. The van der Waals surface area contributed by atoms with Gasteiger partial charge in [-0.15, -0.1) is 11.3 Å². The molecule has 0 spiro atoms. The third kappa shape index (κ3) is 8.52. The van der Waals surface area contributed by atoms with E-state index < -0.39 is 28.3 Å². The summed E-state index contributed by atoms with van der Waals surface area (Å²) < 4.78 is 37.9. The first kappa shape index (κ1) is 32.2. The molecule has 9 nitrogen and oxygen atoms in total. The smallest absolute Gasteiger partial charge is 0.341 e. The van der Waals surface area contributed by atoms with Gasteiger partial charge in [-0.25, -0.2) is 18.2 Å². The Labute approximate surface area is 273 Å². The molecular formula is C32H26Cl2N2O7S2. The maximum absolute atomic E-state index is 13.5. The van der Waals surface area contributed by atoms with E-state index in [1.54, 1.807) is 42.5 Å². The van der Waals surface area contributed by atoms with Gasteiger partial charge in [0, 0.05) is 21.8 Å². The van der Waals surface area contributed by atoms with Crippen molar-refractivity contribution in [1.82, 2.24) is 4.98 Å². The second-order valence-corrected chi connectivity index (χ2v) is 13.9. The second kappa shape index (κ2) is 14.3. The summed E-state index contributed by atoms with van der Waals surface area (Å²) in [5.41, 5.74) is 2.05. The van der Waals surface area contributed by atoms with E-state index in [4.69, 9.17) is 37.8 Å². The third-order valence-electron chi connectivity index (χ3n) is 6.60. The summed E-state index contributed by atoms with van der Waals surface area (Å²) in [6.07, 6.45) is 0.567. The number of fused-ring (bicyclic) bond motifs is 1. The van der Waals surface area contributed by atoms with Gasteiger partial charge in [0.1, 0.15) is 23.1 Å². The van der Waals surface area contributed by atoms with E-state index >= 15 is 0 Å². The fraction of sp³-hybridized carbons (Fsp3) is 0.156. The zero-order valence-electron chi connectivity index (χ0n) is 23.5. The summed E-state index contributed by atoms with van der Waals surface area (Å²) in [6, 6.07) is 22.9. The molecule has 5 rings (SSSR count). The van der Waals surface area contributed by atoms with Crippen molar-refractivity contribution < 1.29 is 32.6 Å². The van der Waals surface area contributed by atoms with Crippen LogP contribution in [0.4, 0.5) is 5.69 Å². The minimum Gasteiger partial charge on any atom is -0.486 e. The van der Waals surface area contributed by atoms with Crippen molar-refractivity contribution in [2.75, 3.05) is 17.7 Å². The molecule has 1 amide bonds. The molecule has 0 aliphatic heterocycles. The van der Waals surface area contributed by atoms with Crippen LogP contribution in [0, 0.1) is 0 Å². The molecule has 0 saturated heterocycles. The second-order valence-electron chi connectivity index (χ2n) is 9.84. The minimum atomic E-state index is -3.56. The molecule has 1 heterocycles. The monoisotopic (exact) mass is 684 g/mol. The number of thiazole rings is 1. The number of benzene rings is 4. The van der Waals surface area contributed by atoms with Gasteiger partial charge in [-0.05, 0) is 79.1 Å². The van der Waals surface area contributed by atoms with Crippen LogP contribution in [0.1, 0.15) is 27.3 Å². The van der Waals surface area contributed by atoms with Crippen molar-refractivity contribution in [3.8, 4) is 11.5 Å². The number of amides is 1. The molecule has 4 aromatic carbocycles. The Hall–Kier alpha value is -4.16. The van der Waals surface area contributed by atoms with Gasteiger partial charge in [0.25, 0.3) is 5.91 Å². The number of rotatable bonds is 13. The molecule has 0 aliphatic rings. The van der Waals surface area contributed by atoms with Crippen molar-refractivity contribution in [2.45, 2.75) is 24.3 Å². The predicted molar refractivity (Wildman–Crippen MR) is 175 cm³/mol. The molecule has 0 unspecified atom stereocenters. The largest absolute Gasteiger partial charge is 0.486 e. The number of nitrogens with one attached hydrogen (secondary N) is 1. The average Bonchev–Trinajstić information content (AvgIpc) is 3.42.